The summed E-state index contributed by atoms with van der Waals surface area (Å²) >= 11 is 0. The van der Waals surface area contributed by atoms with Crippen LogP contribution in [-0.2, 0) is 14.6 Å². The highest BCUT2D eigenvalue weighted by molar-refractivity contribution is 7.91. The lowest BCUT2D eigenvalue weighted by molar-refractivity contribution is 0.00715. The van der Waals surface area contributed by atoms with Crippen LogP contribution in [0.15, 0.2) is 0 Å². The molecular formula is C12H24O3S. The van der Waals surface area contributed by atoms with Crippen LogP contribution < -0.4 is 0 Å². The van der Waals surface area contributed by atoms with E-state index in [0.29, 0.717) is 12.2 Å². The lowest BCUT2D eigenvalue weighted by atomic mass is 10.1. The molecule has 1 aliphatic heterocycles. The molecule has 1 fully saturated rings. The third kappa shape index (κ3) is 5.30. The van der Waals surface area contributed by atoms with E-state index in [2.05, 4.69) is 13.8 Å². The Morgan fingerprint density at radius 3 is 2.62 bits per heavy atom. The van der Waals surface area contributed by atoms with Crippen LogP contribution in [0.2, 0.25) is 0 Å². The van der Waals surface area contributed by atoms with Crippen LogP contribution in [0, 0.1) is 0 Å². The number of hydrogen-bond acceptors (Lipinski definition) is 3. The van der Waals surface area contributed by atoms with E-state index in [1.807, 2.05) is 0 Å². The number of hydrogen-bond donors (Lipinski definition) is 0. The Morgan fingerprint density at radius 2 is 2.06 bits per heavy atom. The molecule has 3 nitrogen and oxygen atoms in total. The van der Waals surface area contributed by atoms with Crippen LogP contribution in [0.5, 0.6) is 0 Å². The Balaban J connectivity index is 2.13. The first kappa shape index (κ1) is 14.0. The summed E-state index contributed by atoms with van der Waals surface area (Å²) in [5, 5.41) is 0. The van der Waals surface area contributed by atoms with E-state index in [1.165, 1.54) is 25.7 Å². The normalized spacial score (nSPS) is 25.8. The molecule has 0 aromatic heterocycles. The summed E-state index contributed by atoms with van der Waals surface area (Å²) in [4.78, 5) is 0. The van der Waals surface area contributed by atoms with Crippen molar-refractivity contribution in [2.75, 3.05) is 11.5 Å². The second-order valence-corrected chi connectivity index (χ2v) is 7.05. The molecule has 4 heteroatoms. The van der Waals surface area contributed by atoms with Crippen molar-refractivity contribution in [3.8, 4) is 0 Å². The highest BCUT2D eigenvalue weighted by Gasteiger charge is 2.29. The summed E-state index contributed by atoms with van der Waals surface area (Å²) in [6.45, 7) is 4.25. The van der Waals surface area contributed by atoms with Gasteiger partial charge in [0, 0.05) is 0 Å². The molecule has 0 radical (unpaired) electrons. The van der Waals surface area contributed by atoms with E-state index in [4.69, 9.17) is 4.74 Å². The third-order valence-corrected chi connectivity index (χ3v) is 4.82. The molecule has 2 atom stereocenters. The quantitative estimate of drug-likeness (QED) is 0.650. The fourth-order valence-electron chi connectivity index (χ4n) is 2.12. The van der Waals surface area contributed by atoms with Gasteiger partial charge in [-0.25, -0.2) is 8.42 Å². The Bertz CT molecular complexity index is 285. The average molecular weight is 248 g/mol. The van der Waals surface area contributed by atoms with Crippen molar-refractivity contribution >= 4 is 9.84 Å². The van der Waals surface area contributed by atoms with E-state index in [9.17, 15) is 8.42 Å². The van der Waals surface area contributed by atoms with Crippen LogP contribution in [-0.4, -0.2) is 32.1 Å². The molecule has 1 aliphatic rings. The van der Waals surface area contributed by atoms with Gasteiger partial charge in [-0.3, -0.25) is 0 Å². The summed E-state index contributed by atoms with van der Waals surface area (Å²) in [7, 11) is -2.80. The molecule has 0 N–H and O–H groups in total. The minimum atomic E-state index is -2.80. The van der Waals surface area contributed by atoms with Gasteiger partial charge in [0.2, 0.25) is 0 Å². The summed E-state index contributed by atoms with van der Waals surface area (Å²) < 4.78 is 28.2. The number of sulfone groups is 1. The van der Waals surface area contributed by atoms with Gasteiger partial charge in [-0.15, -0.1) is 0 Å². The molecule has 96 valence electrons. The molecule has 1 heterocycles. The smallest absolute Gasteiger partial charge is 0.152 e. The van der Waals surface area contributed by atoms with Gasteiger partial charge >= 0.3 is 0 Å². The lowest BCUT2D eigenvalue weighted by Crippen LogP contribution is -2.21. The average Bonchev–Trinajstić information content (AvgIpc) is 2.53. The zero-order valence-corrected chi connectivity index (χ0v) is 11.3. The van der Waals surface area contributed by atoms with E-state index in [0.717, 1.165) is 6.42 Å². The fourth-order valence-corrected chi connectivity index (χ4v) is 3.72. The molecule has 1 saturated heterocycles. The van der Waals surface area contributed by atoms with Gasteiger partial charge < -0.3 is 4.74 Å². The van der Waals surface area contributed by atoms with Gasteiger partial charge in [0.05, 0.1) is 23.7 Å². The Kier molecular flexibility index (Phi) is 5.76. The second-order valence-electron chi connectivity index (χ2n) is 4.82. The summed E-state index contributed by atoms with van der Waals surface area (Å²) in [6, 6.07) is 0. The largest absolute Gasteiger partial charge is 0.374 e. The Labute approximate surface area is 99.5 Å². The van der Waals surface area contributed by atoms with Gasteiger partial charge in [0.25, 0.3) is 0 Å². The van der Waals surface area contributed by atoms with Crippen molar-refractivity contribution in [3.63, 3.8) is 0 Å². The molecule has 16 heavy (non-hydrogen) atoms. The predicted molar refractivity (Wildman–Crippen MR) is 66.4 cm³/mol. The van der Waals surface area contributed by atoms with Crippen LogP contribution >= 0.6 is 0 Å². The lowest BCUT2D eigenvalue weighted by Gasteiger charge is -2.17. The molecule has 0 aromatic carbocycles. The maximum atomic E-state index is 11.2. The van der Waals surface area contributed by atoms with Crippen LogP contribution in [0.3, 0.4) is 0 Å². The summed E-state index contributed by atoms with van der Waals surface area (Å²) in [5.74, 6) is 0.534. The topological polar surface area (TPSA) is 43.4 Å². The van der Waals surface area contributed by atoms with Crippen molar-refractivity contribution in [1.29, 1.82) is 0 Å². The molecular weight excluding hydrogens is 224 g/mol. The monoisotopic (exact) mass is 248 g/mol. The standard InChI is InChI=1S/C12H24O3S/c1-3-4-5-6-7-11(2)15-12-8-9-16(13,14)10-12/h11-12H,3-10H2,1-2H3/t11-,12-/m1/s1. The molecule has 0 amide bonds. The van der Waals surface area contributed by atoms with Crippen LogP contribution in [0.4, 0.5) is 0 Å². The van der Waals surface area contributed by atoms with Crippen LogP contribution in [0.1, 0.15) is 52.4 Å². The zero-order valence-electron chi connectivity index (χ0n) is 10.4. The van der Waals surface area contributed by atoms with Gasteiger partial charge in [0.15, 0.2) is 9.84 Å². The molecule has 0 spiro atoms. The van der Waals surface area contributed by atoms with E-state index < -0.39 is 9.84 Å². The second kappa shape index (κ2) is 6.60. The third-order valence-electron chi connectivity index (χ3n) is 3.08. The molecule has 0 bridgehead atoms. The minimum absolute atomic E-state index is 0.0498. The highest BCUT2D eigenvalue weighted by atomic mass is 32.2. The van der Waals surface area contributed by atoms with E-state index in [1.54, 1.807) is 0 Å². The maximum absolute atomic E-state index is 11.2. The fraction of sp³-hybridized carbons (Fsp3) is 1.00. The van der Waals surface area contributed by atoms with Crippen molar-refractivity contribution in [2.24, 2.45) is 0 Å². The van der Waals surface area contributed by atoms with E-state index >= 15 is 0 Å². The summed E-state index contributed by atoms with van der Waals surface area (Å²) in [5.41, 5.74) is 0. The first-order valence-corrected chi connectivity index (χ1v) is 8.21. The van der Waals surface area contributed by atoms with E-state index in [-0.39, 0.29) is 18.0 Å². The first-order valence-electron chi connectivity index (χ1n) is 6.39. The minimum Gasteiger partial charge on any atom is -0.374 e. The van der Waals surface area contributed by atoms with Crippen molar-refractivity contribution in [2.45, 2.75) is 64.6 Å². The van der Waals surface area contributed by atoms with Crippen LogP contribution in [0.25, 0.3) is 0 Å². The number of rotatable bonds is 7. The van der Waals surface area contributed by atoms with Crippen molar-refractivity contribution in [3.05, 3.63) is 0 Å². The molecule has 0 aliphatic carbocycles. The summed E-state index contributed by atoms with van der Waals surface area (Å²) in [6.07, 6.45) is 6.86. The molecule has 0 aromatic rings. The SMILES string of the molecule is CCCCCC[C@@H](C)O[C@@H]1CCS(=O)(=O)C1. The molecule has 0 unspecified atom stereocenters. The van der Waals surface area contributed by atoms with Gasteiger partial charge in [0.1, 0.15) is 0 Å². The highest BCUT2D eigenvalue weighted by Crippen LogP contribution is 2.18. The van der Waals surface area contributed by atoms with Gasteiger partial charge in [-0.1, -0.05) is 32.6 Å². The predicted octanol–water partition coefficient (Wildman–Crippen LogP) is 2.55. The Hall–Kier alpha value is -0.0900. The van der Waals surface area contributed by atoms with Crippen molar-refractivity contribution in [1.82, 2.24) is 0 Å². The first-order chi connectivity index (χ1) is 7.53. The maximum Gasteiger partial charge on any atom is 0.152 e. The number of ether oxygens (including phenoxy) is 1. The zero-order chi connectivity index (χ0) is 12.0. The van der Waals surface area contributed by atoms with Crippen molar-refractivity contribution < 1.29 is 13.2 Å². The van der Waals surface area contributed by atoms with Gasteiger partial charge in [-0.2, -0.15) is 0 Å². The Morgan fingerprint density at radius 1 is 1.31 bits per heavy atom. The van der Waals surface area contributed by atoms with Gasteiger partial charge in [-0.05, 0) is 19.8 Å². The molecule has 0 saturated carbocycles. The molecule has 1 rings (SSSR count). The number of unbranched alkanes of at least 4 members (excludes halogenated alkanes) is 3.